The van der Waals surface area contributed by atoms with Gasteiger partial charge in [-0.2, -0.15) is 5.10 Å². The van der Waals surface area contributed by atoms with Crippen LogP contribution in [0.3, 0.4) is 0 Å². The summed E-state index contributed by atoms with van der Waals surface area (Å²) in [5, 5.41) is 7.49. The molecular formula is C21H18FN5O. The van der Waals surface area contributed by atoms with Crippen LogP contribution in [0.1, 0.15) is 6.92 Å². The monoisotopic (exact) mass is 375 g/mol. The van der Waals surface area contributed by atoms with Crippen molar-refractivity contribution < 1.29 is 9.18 Å². The number of hydrogen-bond acceptors (Lipinski definition) is 3. The number of aryl methyl sites for hydroxylation is 1. The van der Waals surface area contributed by atoms with E-state index in [0.717, 1.165) is 16.7 Å². The van der Waals surface area contributed by atoms with Gasteiger partial charge in [-0.15, -0.1) is 0 Å². The molecule has 0 radical (unpaired) electrons. The molecule has 0 aliphatic heterocycles. The number of H-pyrrole nitrogens is 1. The van der Waals surface area contributed by atoms with Gasteiger partial charge in [0.25, 0.3) is 0 Å². The van der Waals surface area contributed by atoms with Crippen LogP contribution in [0.25, 0.3) is 22.4 Å². The third kappa shape index (κ3) is 3.07. The Morgan fingerprint density at radius 1 is 1.07 bits per heavy atom. The number of amides is 1. The highest BCUT2D eigenvalue weighted by atomic mass is 19.1. The van der Waals surface area contributed by atoms with E-state index in [2.05, 4.69) is 15.2 Å². The zero-order valence-electron chi connectivity index (χ0n) is 15.4. The van der Waals surface area contributed by atoms with Crippen molar-refractivity contribution in [2.75, 3.05) is 4.90 Å². The second-order valence-electron chi connectivity index (χ2n) is 6.37. The van der Waals surface area contributed by atoms with Crippen molar-refractivity contribution in [1.82, 2.24) is 19.7 Å². The summed E-state index contributed by atoms with van der Waals surface area (Å²) in [4.78, 5) is 18.2. The zero-order chi connectivity index (χ0) is 19.7. The van der Waals surface area contributed by atoms with Gasteiger partial charge in [-0.25, -0.2) is 9.29 Å². The standard InChI is InChI=1S/C21H18FN5O/c1-14(28)27(18-4-3-13-26(18)2)21-19(15-9-11-23-12-10-15)20(24-25-21)16-5-7-17(22)8-6-16/h3-13H,1-2H3,(H,24,25). The number of pyridine rings is 1. The van der Waals surface area contributed by atoms with Crippen molar-refractivity contribution in [3.8, 4) is 22.4 Å². The molecule has 6 nitrogen and oxygen atoms in total. The molecule has 0 spiro atoms. The highest BCUT2D eigenvalue weighted by Gasteiger charge is 2.26. The number of hydrogen-bond donors (Lipinski definition) is 1. The molecule has 0 aliphatic rings. The van der Waals surface area contributed by atoms with E-state index in [1.54, 1.807) is 29.4 Å². The lowest BCUT2D eigenvalue weighted by Gasteiger charge is -2.21. The maximum atomic E-state index is 13.4. The first-order valence-corrected chi connectivity index (χ1v) is 8.73. The summed E-state index contributed by atoms with van der Waals surface area (Å²) in [5.74, 6) is 0.678. The van der Waals surface area contributed by atoms with Gasteiger partial charge in [0.15, 0.2) is 5.82 Å². The Kier molecular flexibility index (Phi) is 4.49. The SMILES string of the molecule is CC(=O)N(c1n[nH]c(-c2ccc(F)cc2)c1-c1ccncc1)c1cccn1C. The highest BCUT2D eigenvalue weighted by Crippen LogP contribution is 2.40. The fourth-order valence-corrected chi connectivity index (χ4v) is 3.22. The molecule has 3 aromatic heterocycles. The Bertz CT molecular complexity index is 1120. The average molecular weight is 375 g/mol. The molecule has 0 bridgehead atoms. The van der Waals surface area contributed by atoms with E-state index in [1.165, 1.54) is 19.1 Å². The Morgan fingerprint density at radius 3 is 2.39 bits per heavy atom. The van der Waals surface area contributed by atoms with E-state index >= 15 is 0 Å². The normalized spacial score (nSPS) is 10.8. The minimum absolute atomic E-state index is 0.172. The third-order valence-corrected chi connectivity index (χ3v) is 4.52. The van der Waals surface area contributed by atoms with Gasteiger partial charge in [-0.1, -0.05) is 0 Å². The second-order valence-corrected chi connectivity index (χ2v) is 6.37. The molecule has 4 aromatic rings. The lowest BCUT2D eigenvalue weighted by molar-refractivity contribution is -0.115. The first kappa shape index (κ1) is 17.7. The van der Waals surface area contributed by atoms with Crippen LogP contribution < -0.4 is 4.90 Å². The van der Waals surface area contributed by atoms with E-state index in [0.29, 0.717) is 17.3 Å². The van der Waals surface area contributed by atoms with Crippen molar-refractivity contribution in [1.29, 1.82) is 0 Å². The first-order valence-electron chi connectivity index (χ1n) is 8.73. The topological polar surface area (TPSA) is 66.8 Å². The summed E-state index contributed by atoms with van der Waals surface area (Å²) in [6.45, 7) is 1.50. The number of rotatable bonds is 4. The van der Waals surface area contributed by atoms with Gasteiger partial charge in [0.1, 0.15) is 11.6 Å². The summed E-state index contributed by atoms with van der Waals surface area (Å²) in [6, 6.07) is 13.6. The van der Waals surface area contributed by atoms with Gasteiger partial charge in [-0.3, -0.25) is 14.9 Å². The minimum atomic E-state index is -0.317. The number of anilines is 2. The molecule has 7 heteroatoms. The minimum Gasteiger partial charge on any atom is -0.337 e. The van der Waals surface area contributed by atoms with Gasteiger partial charge in [-0.05, 0) is 54.1 Å². The second kappa shape index (κ2) is 7.11. The fraction of sp³-hybridized carbons (Fsp3) is 0.0952. The molecule has 140 valence electrons. The molecule has 1 aromatic carbocycles. The third-order valence-electron chi connectivity index (χ3n) is 4.52. The van der Waals surface area contributed by atoms with Crippen molar-refractivity contribution in [2.24, 2.45) is 7.05 Å². The van der Waals surface area contributed by atoms with Crippen LogP contribution >= 0.6 is 0 Å². The molecule has 0 aliphatic carbocycles. The number of aromatic nitrogens is 4. The molecule has 0 saturated carbocycles. The van der Waals surface area contributed by atoms with Gasteiger partial charge in [0.2, 0.25) is 5.91 Å². The molecule has 0 atom stereocenters. The Morgan fingerprint density at radius 2 is 1.79 bits per heavy atom. The predicted molar refractivity (Wildman–Crippen MR) is 105 cm³/mol. The molecule has 28 heavy (non-hydrogen) atoms. The average Bonchev–Trinajstić information content (AvgIpc) is 3.30. The molecule has 1 N–H and O–H groups in total. The number of carbonyl (C=O) groups is 1. The van der Waals surface area contributed by atoms with E-state index in [-0.39, 0.29) is 11.7 Å². The molecular weight excluding hydrogens is 357 g/mol. The maximum absolute atomic E-state index is 13.4. The zero-order valence-corrected chi connectivity index (χ0v) is 15.4. The molecule has 0 saturated heterocycles. The van der Waals surface area contributed by atoms with Crippen LogP contribution in [0.2, 0.25) is 0 Å². The summed E-state index contributed by atoms with van der Waals surface area (Å²) in [6.07, 6.45) is 5.23. The van der Waals surface area contributed by atoms with Crippen LogP contribution in [0.5, 0.6) is 0 Å². The Hall–Kier alpha value is -3.74. The summed E-state index contributed by atoms with van der Waals surface area (Å²) >= 11 is 0. The molecule has 0 fully saturated rings. The highest BCUT2D eigenvalue weighted by molar-refractivity contribution is 6.03. The number of nitrogens with one attached hydrogen (secondary N) is 1. The van der Waals surface area contributed by atoms with Gasteiger partial charge in [0, 0.05) is 38.1 Å². The lowest BCUT2D eigenvalue weighted by atomic mass is 10.0. The Labute approximate surface area is 161 Å². The lowest BCUT2D eigenvalue weighted by Crippen LogP contribution is -2.25. The molecule has 0 unspecified atom stereocenters. The van der Waals surface area contributed by atoms with E-state index in [1.807, 2.05) is 42.1 Å². The number of halogens is 1. The van der Waals surface area contributed by atoms with E-state index < -0.39 is 0 Å². The van der Waals surface area contributed by atoms with Crippen LogP contribution in [0.15, 0.2) is 67.1 Å². The number of carbonyl (C=O) groups excluding carboxylic acids is 1. The van der Waals surface area contributed by atoms with Gasteiger partial charge in [0.05, 0.1) is 11.3 Å². The van der Waals surface area contributed by atoms with Crippen LogP contribution in [0.4, 0.5) is 16.0 Å². The maximum Gasteiger partial charge on any atom is 0.230 e. The van der Waals surface area contributed by atoms with Crippen molar-refractivity contribution >= 4 is 17.5 Å². The molecule has 4 rings (SSSR count). The first-order chi connectivity index (χ1) is 13.6. The van der Waals surface area contributed by atoms with Crippen molar-refractivity contribution in [3.63, 3.8) is 0 Å². The Balaban J connectivity index is 1.96. The summed E-state index contributed by atoms with van der Waals surface area (Å²) in [7, 11) is 1.87. The largest absolute Gasteiger partial charge is 0.337 e. The van der Waals surface area contributed by atoms with Gasteiger partial charge < -0.3 is 4.57 Å². The van der Waals surface area contributed by atoms with Crippen molar-refractivity contribution in [3.05, 3.63) is 72.9 Å². The van der Waals surface area contributed by atoms with Crippen LogP contribution in [-0.4, -0.2) is 25.7 Å². The summed E-state index contributed by atoms with van der Waals surface area (Å²) in [5.41, 5.74) is 3.05. The number of nitrogens with zero attached hydrogens (tertiary/aromatic N) is 4. The number of benzene rings is 1. The smallest absolute Gasteiger partial charge is 0.230 e. The van der Waals surface area contributed by atoms with Crippen molar-refractivity contribution in [2.45, 2.75) is 6.92 Å². The van der Waals surface area contributed by atoms with E-state index in [4.69, 9.17) is 0 Å². The van der Waals surface area contributed by atoms with Gasteiger partial charge >= 0.3 is 0 Å². The molecule has 1 amide bonds. The van der Waals surface area contributed by atoms with E-state index in [9.17, 15) is 9.18 Å². The van der Waals surface area contributed by atoms with Crippen LogP contribution in [0, 0.1) is 5.82 Å². The van der Waals surface area contributed by atoms with Crippen LogP contribution in [-0.2, 0) is 11.8 Å². The summed E-state index contributed by atoms with van der Waals surface area (Å²) < 4.78 is 15.3. The fourth-order valence-electron chi connectivity index (χ4n) is 3.22. The predicted octanol–water partition coefficient (Wildman–Crippen LogP) is 4.30. The molecule has 3 heterocycles. The quantitative estimate of drug-likeness (QED) is 0.578. The number of aromatic amines is 1.